The molecule has 0 saturated carbocycles. The Balaban J connectivity index is 2.09. The highest BCUT2D eigenvalue weighted by Crippen LogP contribution is 2.23. The molecule has 0 aromatic rings. The van der Waals surface area contributed by atoms with Crippen LogP contribution < -0.4 is 5.32 Å². The zero-order chi connectivity index (χ0) is 57.2. The van der Waals surface area contributed by atoms with Crippen molar-refractivity contribution < 1.29 is 39.8 Å². The topological polar surface area (TPSA) is 149 Å². The van der Waals surface area contributed by atoms with Crippen molar-refractivity contribution in [3.05, 3.63) is 24.3 Å². The standard InChI is InChI=1S/C70H135NO8/c1-3-5-7-9-11-13-15-17-19-21-23-25-26-27-28-29-30-31-32-33-34-35-36-37-38-40-42-44-46-48-50-52-54-56-58-60-66(74)71-63(62-78-70-69(77)68(76)67(75)65(61-72)79-70)64(73)59-57-55-53-51-49-47-45-43-41-39-24-22-20-18-16-14-12-10-8-6-4-2/h29-30,57,59,63-65,67-70,72-73,75-77H,3-28,31-56,58,60-62H2,1-2H3,(H,71,74)/b30-29-,59-57+. The van der Waals surface area contributed by atoms with Crippen LogP contribution in [0.1, 0.15) is 361 Å². The molecule has 1 heterocycles. The number of amides is 1. The zero-order valence-corrected chi connectivity index (χ0v) is 52.4. The summed E-state index contributed by atoms with van der Waals surface area (Å²) in [5.41, 5.74) is 0. The van der Waals surface area contributed by atoms with Gasteiger partial charge in [-0.15, -0.1) is 0 Å². The third kappa shape index (κ3) is 48.7. The molecule has 0 aromatic heterocycles. The van der Waals surface area contributed by atoms with Crippen molar-refractivity contribution in [2.24, 2.45) is 0 Å². The van der Waals surface area contributed by atoms with E-state index in [-0.39, 0.29) is 12.5 Å². The molecule has 0 bridgehead atoms. The molecule has 1 aliphatic rings. The Hall–Kier alpha value is -1.33. The molecular formula is C70H135NO8. The van der Waals surface area contributed by atoms with Crippen molar-refractivity contribution in [3.63, 3.8) is 0 Å². The van der Waals surface area contributed by atoms with E-state index in [1.807, 2.05) is 6.08 Å². The van der Waals surface area contributed by atoms with Crippen LogP contribution in [0.3, 0.4) is 0 Å². The first-order valence-corrected chi connectivity index (χ1v) is 35.1. The lowest BCUT2D eigenvalue weighted by Crippen LogP contribution is -2.60. The molecule has 468 valence electrons. The second kappa shape index (κ2) is 59.8. The maximum atomic E-state index is 13.1. The van der Waals surface area contributed by atoms with Crippen LogP contribution in [0.15, 0.2) is 24.3 Å². The molecule has 1 rings (SSSR count). The highest BCUT2D eigenvalue weighted by Gasteiger charge is 2.44. The van der Waals surface area contributed by atoms with Crippen molar-refractivity contribution in [1.82, 2.24) is 5.32 Å². The molecule has 1 fully saturated rings. The normalized spacial score (nSPS) is 18.6. The summed E-state index contributed by atoms with van der Waals surface area (Å²) in [6.07, 6.45) is 71.5. The van der Waals surface area contributed by atoms with Gasteiger partial charge in [-0.2, -0.15) is 0 Å². The Bertz CT molecular complexity index is 1300. The lowest BCUT2D eigenvalue weighted by atomic mass is 9.99. The number of rotatable bonds is 62. The fraction of sp³-hybridized carbons (Fsp3) is 0.929. The smallest absolute Gasteiger partial charge is 0.220 e. The van der Waals surface area contributed by atoms with Crippen LogP contribution in [0.2, 0.25) is 0 Å². The summed E-state index contributed by atoms with van der Waals surface area (Å²) in [5, 5.41) is 54.7. The number of unbranched alkanes of at least 4 members (excludes halogenated alkanes) is 50. The van der Waals surface area contributed by atoms with Crippen LogP contribution in [0.25, 0.3) is 0 Å². The van der Waals surface area contributed by atoms with Gasteiger partial charge in [-0.25, -0.2) is 0 Å². The van der Waals surface area contributed by atoms with Crippen molar-refractivity contribution in [1.29, 1.82) is 0 Å². The van der Waals surface area contributed by atoms with E-state index in [1.165, 1.54) is 302 Å². The van der Waals surface area contributed by atoms with Gasteiger partial charge < -0.3 is 40.3 Å². The molecule has 7 atom stereocenters. The lowest BCUT2D eigenvalue weighted by Gasteiger charge is -2.40. The molecule has 0 spiro atoms. The van der Waals surface area contributed by atoms with Gasteiger partial charge in [0.1, 0.15) is 24.4 Å². The average molecular weight is 1120 g/mol. The van der Waals surface area contributed by atoms with Crippen molar-refractivity contribution >= 4 is 5.91 Å². The zero-order valence-electron chi connectivity index (χ0n) is 52.4. The van der Waals surface area contributed by atoms with Gasteiger partial charge in [0, 0.05) is 6.42 Å². The van der Waals surface area contributed by atoms with Crippen LogP contribution in [0.4, 0.5) is 0 Å². The number of nitrogens with one attached hydrogen (secondary N) is 1. The van der Waals surface area contributed by atoms with Crippen LogP contribution in [0.5, 0.6) is 0 Å². The number of allylic oxidation sites excluding steroid dienone is 3. The van der Waals surface area contributed by atoms with Gasteiger partial charge in [-0.3, -0.25) is 4.79 Å². The predicted octanol–water partition coefficient (Wildman–Crippen LogP) is 18.9. The summed E-state index contributed by atoms with van der Waals surface area (Å²) >= 11 is 0. The van der Waals surface area contributed by atoms with Gasteiger partial charge in [-0.1, -0.05) is 334 Å². The van der Waals surface area contributed by atoms with Gasteiger partial charge >= 0.3 is 0 Å². The van der Waals surface area contributed by atoms with E-state index in [0.717, 1.165) is 38.5 Å². The van der Waals surface area contributed by atoms with E-state index >= 15 is 0 Å². The third-order valence-corrected chi connectivity index (χ3v) is 17.0. The minimum absolute atomic E-state index is 0.169. The Labute approximate surface area is 489 Å². The molecule has 1 aliphatic heterocycles. The number of carbonyl (C=O) groups is 1. The first-order chi connectivity index (χ1) is 38.8. The van der Waals surface area contributed by atoms with Crippen molar-refractivity contribution in [3.8, 4) is 0 Å². The third-order valence-electron chi connectivity index (χ3n) is 17.0. The highest BCUT2D eigenvalue weighted by molar-refractivity contribution is 5.76. The SMILES string of the molecule is CCCCCCCCCCCCCCCC/C=C\CCCCCCCCCCCCCCCCCCCC(=O)NC(COC1OC(CO)C(O)C(O)C1O)C(O)/C=C/CCCCCCCCCCCCCCCCCCCCC. The number of aliphatic hydroxyl groups is 5. The summed E-state index contributed by atoms with van der Waals surface area (Å²) in [4.78, 5) is 13.1. The summed E-state index contributed by atoms with van der Waals surface area (Å²) in [7, 11) is 0. The Morgan fingerprint density at radius 1 is 0.418 bits per heavy atom. The molecule has 9 nitrogen and oxygen atoms in total. The maximum absolute atomic E-state index is 13.1. The molecule has 0 radical (unpaired) electrons. The van der Waals surface area contributed by atoms with Crippen LogP contribution in [-0.4, -0.2) is 87.5 Å². The summed E-state index contributed by atoms with van der Waals surface area (Å²) < 4.78 is 11.3. The van der Waals surface area contributed by atoms with Gasteiger partial charge in [0.25, 0.3) is 0 Å². The van der Waals surface area contributed by atoms with E-state index in [9.17, 15) is 30.3 Å². The Morgan fingerprint density at radius 2 is 0.709 bits per heavy atom. The maximum Gasteiger partial charge on any atom is 0.220 e. The predicted molar refractivity (Wildman–Crippen MR) is 337 cm³/mol. The number of aliphatic hydroxyl groups excluding tert-OH is 5. The molecule has 9 heteroatoms. The number of ether oxygens (including phenoxy) is 2. The molecule has 79 heavy (non-hydrogen) atoms. The lowest BCUT2D eigenvalue weighted by molar-refractivity contribution is -0.302. The fourth-order valence-electron chi connectivity index (χ4n) is 11.5. The van der Waals surface area contributed by atoms with Gasteiger partial charge in [-0.05, 0) is 44.9 Å². The summed E-state index contributed by atoms with van der Waals surface area (Å²) in [5.74, 6) is -0.169. The van der Waals surface area contributed by atoms with Crippen molar-refractivity contribution in [2.45, 2.75) is 403 Å². The second-order valence-corrected chi connectivity index (χ2v) is 24.7. The molecule has 0 aliphatic carbocycles. The van der Waals surface area contributed by atoms with Gasteiger partial charge in [0.15, 0.2) is 6.29 Å². The Kier molecular flexibility index (Phi) is 57.3. The molecule has 1 saturated heterocycles. The number of hydrogen-bond acceptors (Lipinski definition) is 8. The largest absolute Gasteiger partial charge is 0.394 e. The second-order valence-electron chi connectivity index (χ2n) is 24.7. The first-order valence-electron chi connectivity index (χ1n) is 35.1. The highest BCUT2D eigenvalue weighted by atomic mass is 16.7. The van der Waals surface area contributed by atoms with Crippen LogP contribution in [0, 0.1) is 0 Å². The van der Waals surface area contributed by atoms with E-state index in [0.29, 0.717) is 6.42 Å². The van der Waals surface area contributed by atoms with Gasteiger partial charge in [0.2, 0.25) is 5.91 Å². The molecule has 7 unspecified atom stereocenters. The van der Waals surface area contributed by atoms with E-state index in [1.54, 1.807) is 6.08 Å². The molecular weight excluding hydrogens is 983 g/mol. The van der Waals surface area contributed by atoms with E-state index in [2.05, 4.69) is 31.3 Å². The first kappa shape index (κ1) is 75.7. The molecule has 6 N–H and O–H groups in total. The van der Waals surface area contributed by atoms with Crippen molar-refractivity contribution in [2.75, 3.05) is 13.2 Å². The summed E-state index contributed by atoms with van der Waals surface area (Å²) in [6, 6.07) is -0.803. The summed E-state index contributed by atoms with van der Waals surface area (Å²) in [6.45, 7) is 3.84. The monoisotopic (exact) mass is 1120 g/mol. The quantitative estimate of drug-likeness (QED) is 0.0261. The van der Waals surface area contributed by atoms with E-state index < -0.39 is 49.5 Å². The average Bonchev–Trinajstić information content (AvgIpc) is 3.47. The van der Waals surface area contributed by atoms with Gasteiger partial charge in [0.05, 0.1) is 25.4 Å². The Morgan fingerprint density at radius 3 is 1.03 bits per heavy atom. The number of hydrogen-bond donors (Lipinski definition) is 6. The number of carbonyl (C=O) groups excluding carboxylic acids is 1. The minimum Gasteiger partial charge on any atom is -0.394 e. The van der Waals surface area contributed by atoms with Crippen LogP contribution in [-0.2, 0) is 14.3 Å². The fourth-order valence-corrected chi connectivity index (χ4v) is 11.5. The molecule has 0 aromatic carbocycles. The van der Waals surface area contributed by atoms with E-state index in [4.69, 9.17) is 9.47 Å². The minimum atomic E-state index is -1.57. The molecule has 1 amide bonds. The van der Waals surface area contributed by atoms with Crippen LogP contribution >= 0.6 is 0 Å².